The van der Waals surface area contributed by atoms with Gasteiger partial charge in [0.25, 0.3) is 0 Å². The van der Waals surface area contributed by atoms with Crippen LogP contribution >= 0.6 is 15.9 Å². The summed E-state index contributed by atoms with van der Waals surface area (Å²) < 4.78 is 23.8. The third kappa shape index (κ3) is 3.29. The molecule has 3 nitrogen and oxygen atoms in total. The van der Waals surface area contributed by atoms with Crippen LogP contribution in [0.5, 0.6) is 0 Å². The first kappa shape index (κ1) is 12.7. The monoisotopic (exact) mass is 291 g/mol. The van der Waals surface area contributed by atoms with E-state index in [-0.39, 0.29) is 6.04 Å². The highest BCUT2D eigenvalue weighted by Gasteiger charge is 2.16. The number of nitrogens with two attached hydrogens (primary N) is 1. The Bertz CT molecular complexity index is 454. The number of hydrogen-bond acceptors (Lipinski definition) is 3. The first-order valence-electron chi connectivity index (χ1n) is 4.55. The topological polar surface area (TPSA) is 60.2 Å². The molecular formula is C10H14BrNO2S. The van der Waals surface area contributed by atoms with Gasteiger partial charge in [0.1, 0.15) is 0 Å². The van der Waals surface area contributed by atoms with Crippen molar-refractivity contribution in [3.8, 4) is 0 Å². The highest BCUT2D eigenvalue weighted by molar-refractivity contribution is 9.10. The van der Waals surface area contributed by atoms with Gasteiger partial charge in [0.05, 0.1) is 4.90 Å². The van der Waals surface area contributed by atoms with Crippen LogP contribution in [0.1, 0.15) is 12.5 Å². The van der Waals surface area contributed by atoms with Crippen molar-refractivity contribution in [3.05, 3.63) is 28.2 Å². The van der Waals surface area contributed by atoms with Gasteiger partial charge < -0.3 is 5.73 Å². The van der Waals surface area contributed by atoms with E-state index in [9.17, 15) is 8.42 Å². The Morgan fingerprint density at radius 3 is 2.53 bits per heavy atom. The van der Waals surface area contributed by atoms with E-state index >= 15 is 0 Å². The van der Waals surface area contributed by atoms with Gasteiger partial charge in [0, 0.05) is 16.8 Å². The van der Waals surface area contributed by atoms with E-state index in [4.69, 9.17) is 5.73 Å². The minimum absolute atomic E-state index is 0.0656. The van der Waals surface area contributed by atoms with Gasteiger partial charge in [-0.2, -0.15) is 0 Å². The molecule has 0 saturated carbocycles. The molecule has 0 radical (unpaired) electrons. The summed E-state index contributed by atoms with van der Waals surface area (Å²) in [6.07, 6.45) is 1.75. The smallest absolute Gasteiger partial charge is 0.175 e. The normalized spacial score (nSPS) is 13.9. The molecular weight excluding hydrogens is 278 g/mol. The Hall–Kier alpha value is -0.390. The van der Waals surface area contributed by atoms with E-state index in [1.165, 1.54) is 6.26 Å². The average molecular weight is 292 g/mol. The summed E-state index contributed by atoms with van der Waals surface area (Å²) in [5, 5.41) is 0. The lowest BCUT2D eigenvalue weighted by Gasteiger charge is -2.12. The lowest BCUT2D eigenvalue weighted by molar-refractivity contribution is 0.599. The van der Waals surface area contributed by atoms with Crippen molar-refractivity contribution < 1.29 is 8.42 Å². The molecule has 0 heterocycles. The largest absolute Gasteiger partial charge is 0.328 e. The predicted molar refractivity (Wildman–Crippen MR) is 64.6 cm³/mol. The fourth-order valence-corrected chi connectivity index (χ4v) is 3.03. The predicted octanol–water partition coefficient (Wildman–Crippen LogP) is 1.74. The summed E-state index contributed by atoms with van der Waals surface area (Å²) in [5.74, 6) is 0. The van der Waals surface area contributed by atoms with E-state index in [2.05, 4.69) is 15.9 Å². The van der Waals surface area contributed by atoms with Crippen molar-refractivity contribution in [2.24, 2.45) is 5.73 Å². The van der Waals surface area contributed by atoms with Crippen molar-refractivity contribution in [1.29, 1.82) is 0 Å². The average Bonchev–Trinajstić information content (AvgIpc) is 2.05. The lowest BCUT2D eigenvalue weighted by atomic mass is 10.1. The summed E-state index contributed by atoms with van der Waals surface area (Å²) in [5.41, 5.74) is 6.45. The van der Waals surface area contributed by atoms with Gasteiger partial charge in [-0.05, 0) is 31.0 Å². The second-order valence-electron chi connectivity index (χ2n) is 3.67. The molecule has 1 unspecified atom stereocenters. The second kappa shape index (κ2) is 4.63. The Morgan fingerprint density at radius 1 is 1.47 bits per heavy atom. The van der Waals surface area contributed by atoms with Crippen LogP contribution < -0.4 is 5.73 Å². The van der Waals surface area contributed by atoms with Crippen molar-refractivity contribution in [3.63, 3.8) is 0 Å². The molecule has 0 aliphatic heterocycles. The summed E-state index contributed by atoms with van der Waals surface area (Å²) in [6, 6.07) is 5.08. The SMILES string of the molecule is CC(N)Cc1c(Br)cccc1S(C)(=O)=O. The molecule has 0 fully saturated rings. The van der Waals surface area contributed by atoms with E-state index in [0.29, 0.717) is 11.3 Å². The maximum Gasteiger partial charge on any atom is 0.175 e. The standard InChI is InChI=1S/C10H14BrNO2S/c1-7(12)6-8-9(11)4-3-5-10(8)15(2,13)14/h3-5,7H,6,12H2,1-2H3. The second-order valence-corrected chi connectivity index (χ2v) is 6.51. The van der Waals surface area contributed by atoms with Gasteiger partial charge in [-0.15, -0.1) is 0 Å². The lowest BCUT2D eigenvalue weighted by Crippen LogP contribution is -2.19. The minimum atomic E-state index is -3.19. The van der Waals surface area contributed by atoms with Crippen LogP contribution in [0.4, 0.5) is 0 Å². The van der Waals surface area contributed by atoms with Crippen LogP contribution in [-0.2, 0) is 16.3 Å². The van der Waals surface area contributed by atoms with Crippen LogP contribution in [0, 0.1) is 0 Å². The number of rotatable bonds is 3. The maximum atomic E-state index is 11.5. The van der Waals surface area contributed by atoms with Crippen molar-refractivity contribution in [2.45, 2.75) is 24.3 Å². The molecule has 1 aromatic rings. The molecule has 0 aromatic heterocycles. The van der Waals surface area contributed by atoms with Gasteiger partial charge in [-0.1, -0.05) is 22.0 Å². The first-order chi connectivity index (χ1) is 6.82. The molecule has 2 N–H and O–H groups in total. The van der Waals surface area contributed by atoms with E-state index in [1.54, 1.807) is 12.1 Å². The van der Waals surface area contributed by atoms with Crippen molar-refractivity contribution in [2.75, 3.05) is 6.26 Å². The molecule has 0 saturated heterocycles. The summed E-state index contributed by atoms with van der Waals surface area (Å²) >= 11 is 3.35. The molecule has 5 heteroatoms. The first-order valence-corrected chi connectivity index (χ1v) is 7.24. The maximum absolute atomic E-state index is 11.5. The van der Waals surface area contributed by atoms with E-state index in [0.717, 1.165) is 10.0 Å². The van der Waals surface area contributed by atoms with E-state index < -0.39 is 9.84 Å². The summed E-state index contributed by atoms with van der Waals surface area (Å²) in [4.78, 5) is 0.356. The third-order valence-electron chi connectivity index (χ3n) is 2.00. The Morgan fingerprint density at radius 2 is 2.07 bits per heavy atom. The highest BCUT2D eigenvalue weighted by atomic mass is 79.9. The number of sulfone groups is 1. The Kier molecular flexibility index (Phi) is 3.92. The van der Waals surface area contributed by atoms with Gasteiger partial charge in [0.2, 0.25) is 0 Å². The molecule has 1 atom stereocenters. The molecule has 0 spiro atoms. The fourth-order valence-electron chi connectivity index (χ4n) is 1.41. The number of hydrogen-bond donors (Lipinski definition) is 1. The minimum Gasteiger partial charge on any atom is -0.328 e. The van der Waals surface area contributed by atoms with Gasteiger partial charge in [-0.25, -0.2) is 8.42 Å². The zero-order valence-corrected chi connectivity index (χ0v) is 11.1. The Labute approximate surface area is 98.7 Å². The molecule has 0 aliphatic carbocycles. The van der Waals surface area contributed by atoms with E-state index in [1.807, 2.05) is 13.0 Å². The molecule has 15 heavy (non-hydrogen) atoms. The highest BCUT2D eigenvalue weighted by Crippen LogP contribution is 2.25. The fraction of sp³-hybridized carbons (Fsp3) is 0.400. The Balaban J connectivity index is 3.33. The number of benzene rings is 1. The van der Waals surface area contributed by atoms with Crippen molar-refractivity contribution in [1.82, 2.24) is 0 Å². The van der Waals surface area contributed by atoms with Crippen LogP contribution in [0.2, 0.25) is 0 Å². The molecule has 0 bridgehead atoms. The van der Waals surface area contributed by atoms with Crippen LogP contribution in [0.15, 0.2) is 27.6 Å². The van der Waals surface area contributed by atoms with Crippen LogP contribution in [-0.4, -0.2) is 20.7 Å². The molecule has 0 amide bonds. The molecule has 1 rings (SSSR count). The van der Waals surface area contributed by atoms with Crippen LogP contribution in [0.25, 0.3) is 0 Å². The third-order valence-corrected chi connectivity index (χ3v) is 3.93. The zero-order valence-electron chi connectivity index (χ0n) is 8.70. The van der Waals surface area contributed by atoms with Crippen LogP contribution in [0.3, 0.4) is 0 Å². The molecule has 1 aromatic carbocycles. The summed E-state index contributed by atoms with van der Waals surface area (Å²) in [6.45, 7) is 1.85. The van der Waals surface area contributed by atoms with Crippen molar-refractivity contribution >= 4 is 25.8 Å². The number of halogens is 1. The zero-order chi connectivity index (χ0) is 11.6. The van der Waals surface area contributed by atoms with Gasteiger partial charge in [0.15, 0.2) is 9.84 Å². The molecule has 0 aliphatic rings. The quantitative estimate of drug-likeness (QED) is 0.923. The molecule has 84 valence electrons. The summed E-state index contributed by atoms with van der Waals surface area (Å²) in [7, 11) is -3.19. The van der Waals surface area contributed by atoms with Gasteiger partial charge >= 0.3 is 0 Å². The van der Waals surface area contributed by atoms with Gasteiger partial charge in [-0.3, -0.25) is 0 Å².